The molecule has 22 heavy (non-hydrogen) atoms. The highest BCUT2D eigenvalue weighted by molar-refractivity contribution is 6.15. The average molecular weight is 296 g/mol. The van der Waals surface area contributed by atoms with Gasteiger partial charge in [0.05, 0.1) is 5.52 Å². The number of H-pyrrole nitrogens is 1. The third-order valence-corrected chi connectivity index (χ3v) is 3.53. The molecule has 0 aliphatic heterocycles. The minimum absolute atomic E-state index is 0.226. The summed E-state index contributed by atoms with van der Waals surface area (Å²) in [5.41, 5.74) is 3.34. The number of fused-ring (bicyclic) bond motifs is 3. The lowest BCUT2D eigenvalue weighted by Gasteiger charge is -2.10. The van der Waals surface area contributed by atoms with Crippen LogP contribution in [0, 0.1) is 6.92 Å². The van der Waals surface area contributed by atoms with Crippen molar-refractivity contribution < 1.29 is 14.3 Å². The van der Waals surface area contributed by atoms with Crippen molar-refractivity contribution in [2.45, 2.75) is 20.8 Å². The monoisotopic (exact) mass is 296 g/mol. The Morgan fingerprint density at radius 2 is 1.77 bits per heavy atom. The van der Waals surface area contributed by atoms with E-state index in [2.05, 4.69) is 10.3 Å². The second-order valence-electron chi connectivity index (χ2n) is 5.26. The van der Waals surface area contributed by atoms with Gasteiger partial charge >= 0.3 is 5.97 Å². The van der Waals surface area contributed by atoms with Crippen LogP contribution in [0.25, 0.3) is 21.8 Å². The van der Waals surface area contributed by atoms with Crippen LogP contribution in [0.2, 0.25) is 0 Å². The molecule has 0 aliphatic rings. The lowest BCUT2D eigenvalue weighted by atomic mass is 10.1. The van der Waals surface area contributed by atoms with Crippen molar-refractivity contribution in [2.75, 3.05) is 5.32 Å². The molecule has 0 saturated heterocycles. The van der Waals surface area contributed by atoms with Crippen LogP contribution in [0.5, 0.6) is 5.75 Å². The van der Waals surface area contributed by atoms with Gasteiger partial charge in [-0.1, -0.05) is 18.2 Å². The molecule has 0 fully saturated rings. The fourth-order valence-corrected chi connectivity index (χ4v) is 2.66. The van der Waals surface area contributed by atoms with Crippen molar-refractivity contribution in [3.05, 3.63) is 35.9 Å². The van der Waals surface area contributed by atoms with E-state index in [1.807, 2.05) is 31.2 Å². The Bertz CT molecular complexity index is 909. The third-order valence-electron chi connectivity index (χ3n) is 3.53. The van der Waals surface area contributed by atoms with Crippen molar-refractivity contribution in [2.24, 2.45) is 0 Å². The number of aromatic nitrogens is 1. The molecule has 1 aromatic heterocycles. The van der Waals surface area contributed by atoms with E-state index in [-0.39, 0.29) is 5.91 Å². The number of carbonyl (C=O) groups excluding carboxylic acids is 2. The van der Waals surface area contributed by atoms with Gasteiger partial charge in [0.2, 0.25) is 5.91 Å². The molecule has 1 heterocycles. The number of aromatic amines is 1. The third kappa shape index (κ3) is 2.30. The zero-order valence-electron chi connectivity index (χ0n) is 12.6. The quantitative estimate of drug-likeness (QED) is 0.561. The largest absolute Gasteiger partial charge is 0.424 e. The number of para-hydroxylation sites is 1. The van der Waals surface area contributed by atoms with E-state index in [1.54, 1.807) is 6.07 Å². The molecule has 3 aromatic rings. The minimum Gasteiger partial charge on any atom is -0.424 e. The van der Waals surface area contributed by atoms with Crippen LogP contribution in [0.4, 0.5) is 5.69 Å². The van der Waals surface area contributed by atoms with E-state index < -0.39 is 5.97 Å². The predicted molar refractivity (Wildman–Crippen MR) is 86.2 cm³/mol. The number of nitrogens with one attached hydrogen (secondary N) is 2. The van der Waals surface area contributed by atoms with Crippen LogP contribution in [-0.2, 0) is 9.59 Å². The van der Waals surface area contributed by atoms with Gasteiger partial charge in [-0.05, 0) is 24.6 Å². The summed E-state index contributed by atoms with van der Waals surface area (Å²) in [5, 5.41) is 4.79. The summed E-state index contributed by atoms with van der Waals surface area (Å²) in [4.78, 5) is 26.1. The fourth-order valence-electron chi connectivity index (χ4n) is 2.66. The van der Waals surface area contributed by atoms with Crippen molar-refractivity contribution in [1.82, 2.24) is 4.98 Å². The van der Waals surface area contributed by atoms with Crippen molar-refractivity contribution in [3.63, 3.8) is 0 Å². The van der Waals surface area contributed by atoms with E-state index in [4.69, 9.17) is 4.74 Å². The number of carbonyl (C=O) groups is 2. The Morgan fingerprint density at radius 1 is 1.05 bits per heavy atom. The van der Waals surface area contributed by atoms with E-state index >= 15 is 0 Å². The Balaban J connectivity index is 2.35. The molecule has 1 amide bonds. The first-order valence-corrected chi connectivity index (χ1v) is 6.97. The SMILES string of the molecule is CC(=O)Nc1c(OC(C)=O)ccc2c1[nH]c1c(C)cccc12. The maximum Gasteiger partial charge on any atom is 0.308 e. The molecule has 112 valence electrons. The average Bonchev–Trinajstić information content (AvgIpc) is 2.81. The van der Waals surface area contributed by atoms with E-state index in [9.17, 15) is 9.59 Å². The van der Waals surface area contributed by atoms with Gasteiger partial charge in [-0.3, -0.25) is 9.59 Å². The van der Waals surface area contributed by atoms with Crippen LogP contribution < -0.4 is 10.1 Å². The lowest BCUT2D eigenvalue weighted by Crippen LogP contribution is -2.10. The lowest BCUT2D eigenvalue weighted by molar-refractivity contribution is -0.131. The Labute approximate surface area is 127 Å². The predicted octanol–water partition coefficient (Wildman–Crippen LogP) is 3.51. The normalized spacial score (nSPS) is 10.9. The second kappa shape index (κ2) is 5.18. The van der Waals surface area contributed by atoms with Gasteiger partial charge in [-0.25, -0.2) is 0 Å². The van der Waals surface area contributed by atoms with Gasteiger partial charge in [0.15, 0.2) is 5.75 Å². The molecule has 0 atom stereocenters. The summed E-state index contributed by atoms with van der Waals surface area (Å²) >= 11 is 0. The molecule has 0 spiro atoms. The number of aryl methyl sites for hydroxylation is 1. The molecule has 5 nitrogen and oxygen atoms in total. The Kier molecular flexibility index (Phi) is 3.33. The summed E-state index contributed by atoms with van der Waals surface area (Å²) in [6.45, 7) is 4.77. The molecule has 2 N–H and O–H groups in total. The van der Waals surface area contributed by atoms with Crippen LogP contribution in [0.15, 0.2) is 30.3 Å². The van der Waals surface area contributed by atoms with Crippen molar-refractivity contribution >= 4 is 39.4 Å². The first-order chi connectivity index (χ1) is 10.5. The first-order valence-electron chi connectivity index (χ1n) is 6.97. The number of hydrogen-bond acceptors (Lipinski definition) is 3. The van der Waals surface area contributed by atoms with Crippen molar-refractivity contribution in [3.8, 4) is 5.75 Å². The summed E-state index contributed by atoms with van der Waals surface area (Å²) in [5.74, 6) is -0.325. The fraction of sp³-hybridized carbons (Fsp3) is 0.176. The second-order valence-corrected chi connectivity index (χ2v) is 5.26. The molecule has 5 heteroatoms. The molecular weight excluding hydrogens is 280 g/mol. The van der Waals surface area contributed by atoms with E-state index in [0.29, 0.717) is 11.4 Å². The number of anilines is 1. The van der Waals surface area contributed by atoms with Crippen molar-refractivity contribution in [1.29, 1.82) is 0 Å². The summed E-state index contributed by atoms with van der Waals surface area (Å²) in [6, 6.07) is 9.61. The molecule has 0 bridgehead atoms. The topological polar surface area (TPSA) is 71.2 Å². The highest BCUT2D eigenvalue weighted by Gasteiger charge is 2.16. The first kappa shape index (κ1) is 14.1. The number of benzene rings is 2. The van der Waals surface area contributed by atoms with Gasteiger partial charge in [-0.15, -0.1) is 0 Å². The van der Waals surface area contributed by atoms with Crippen LogP contribution >= 0.6 is 0 Å². The van der Waals surface area contributed by atoms with E-state index in [0.717, 1.165) is 27.4 Å². The van der Waals surface area contributed by atoms with Crippen LogP contribution in [0.3, 0.4) is 0 Å². The zero-order chi connectivity index (χ0) is 15.9. The molecule has 0 saturated carbocycles. The highest BCUT2D eigenvalue weighted by atomic mass is 16.5. The molecular formula is C17H16N2O3. The minimum atomic E-state index is -0.432. The van der Waals surface area contributed by atoms with E-state index in [1.165, 1.54) is 13.8 Å². The van der Waals surface area contributed by atoms with Gasteiger partial charge < -0.3 is 15.0 Å². The number of ether oxygens (including phenoxy) is 1. The van der Waals surface area contributed by atoms with Crippen LogP contribution in [0.1, 0.15) is 19.4 Å². The van der Waals surface area contributed by atoms with Gasteiger partial charge in [0.25, 0.3) is 0 Å². The van der Waals surface area contributed by atoms with Gasteiger partial charge in [0, 0.05) is 30.1 Å². The maximum atomic E-state index is 11.5. The summed E-state index contributed by atoms with van der Waals surface area (Å²) in [6.07, 6.45) is 0. The number of amides is 1. The number of hydrogen-bond donors (Lipinski definition) is 2. The highest BCUT2D eigenvalue weighted by Crippen LogP contribution is 2.37. The smallest absolute Gasteiger partial charge is 0.308 e. The number of esters is 1. The molecule has 0 aliphatic carbocycles. The van der Waals surface area contributed by atoms with Crippen LogP contribution in [-0.4, -0.2) is 16.9 Å². The Morgan fingerprint density at radius 3 is 2.45 bits per heavy atom. The van der Waals surface area contributed by atoms with Gasteiger partial charge in [-0.2, -0.15) is 0 Å². The molecule has 0 unspecified atom stereocenters. The molecule has 0 radical (unpaired) electrons. The van der Waals surface area contributed by atoms with Gasteiger partial charge in [0.1, 0.15) is 5.69 Å². The summed E-state index contributed by atoms with van der Waals surface area (Å²) < 4.78 is 5.21. The Hall–Kier alpha value is -2.82. The molecule has 2 aromatic carbocycles. The summed E-state index contributed by atoms with van der Waals surface area (Å²) in [7, 11) is 0. The number of rotatable bonds is 2. The standard InChI is InChI=1S/C17H16N2O3/c1-9-5-4-6-12-13-7-8-14(22-11(3)21)17(18-10(2)20)16(13)19-15(9)12/h4-8,19H,1-3H3,(H,18,20). The zero-order valence-corrected chi connectivity index (χ0v) is 12.6. The molecule has 3 rings (SSSR count). The maximum absolute atomic E-state index is 11.5.